The van der Waals surface area contributed by atoms with Gasteiger partial charge in [0.15, 0.2) is 0 Å². The lowest BCUT2D eigenvalue weighted by atomic mass is 9.84. The van der Waals surface area contributed by atoms with Gasteiger partial charge in [0.2, 0.25) is 0 Å². The van der Waals surface area contributed by atoms with Gasteiger partial charge in [-0.15, -0.1) is 0 Å². The summed E-state index contributed by atoms with van der Waals surface area (Å²) in [6.07, 6.45) is 3.69. The van der Waals surface area contributed by atoms with Crippen LogP contribution >= 0.6 is 0 Å². The van der Waals surface area contributed by atoms with Crippen molar-refractivity contribution in [2.24, 2.45) is 5.73 Å². The summed E-state index contributed by atoms with van der Waals surface area (Å²) >= 11 is 0. The van der Waals surface area contributed by atoms with E-state index in [4.69, 9.17) is 10.5 Å². The molecule has 0 aromatic carbocycles. The number of nitrogens with zero attached hydrogens (tertiary/aromatic N) is 1. The first-order valence-electron chi connectivity index (χ1n) is 6.29. The Kier molecular flexibility index (Phi) is 5.03. The Labute approximate surface area is 94.0 Å². The van der Waals surface area contributed by atoms with Gasteiger partial charge in [0.05, 0.1) is 6.10 Å². The maximum Gasteiger partial charge on any atom is 0.0590 e. The zero-order chi connectivity index (χ0) is 11.3. The molecule has 90 valence electrons. The molecule has 0 spiro atoms. The summed E-state index contributed by atoms with van der Waals surface area (Å²) in [6, 6.07) is 0. The van der Waals surface area contributed by atoms with Crippen molar-refractivity contribution in [2.75, 3.05) is 26.2 Å². The van der Waals surface area contributed by atoms with E-state index in [1.807, 2.05) is 0 Å². The van der Waals surface area contributed by atoms with E-state index < -0.39 is 0 Å². The zero-order valence-electron chi connectivity index (χ0n) is 10.5. The molecule has 1 aliphatic heterocycles. The maximum absolute atomic E-state index is 6.01. The van der Waals surface area contributed by atoms with Gasteiger partial charge in [0.25, 0.3) is 0 Å². The fourth-order valence-corrected chi connectivity index (χ4v) is 2.76. The van der Waals surface area contributed by atoms with Crippen LogP contribution in [0.3, 0.4) is 0 Å². The molecule has 3 nitrogen and oxygen atoms in total. The van der Waals surface area contributed by atoms with Gasteiger partial charge in [-0.05, 0) is 32.4 Å². The zero-order valence-corrected chi connectivity index (χ0v) is 10.5. The van der Waals surface area contributed by atoms with E-state index in [2.05, 4.69) is 25.7 Å². The topological polar surface area (TPSA) is 38.5 Å². The first kappa shape index (κ1) is 12.9. The van der Waals surface area contributed by atoms with Crippen molar-refractivity contribution in [2.45, 2.75) is 51.7 Å². The molecule has 15 heavy (non-hydrogen) atoms. The van der Waals surface area contributed by atoms with Crippen LogP contribution in [0.25, 0.3) is 0 Å². The third-order valence-electron chi connectivity index (χ3n) is 3.80. The monoisotopic (exact) mass is 214 g/mol. The fourth-order valence-electron chi connectivity index (χ4n) is 2.76. The number of hydrogen-bond acceptors (Lipinski definition) is 3. The SMILES string of the molecule is CCC1CC(CN)(N(CC)CC)CCO1. The summed E-state index contributed by atoms with van der Waals surface area (Å²) in [4.78, 5) is 2.51. The summed E-state index contributed by atoms with van der Waals surface area (Å²) in [5.41, 5.74) is 6.21. The van der Waals surface area contributed by atoms with Gasteiger partial charge in [-0.25, -0.2) is 0 Å². The molecule has 1 fully saturated rings. The van der Waals surface area contributed by atoms with Crippen molar-refractivity contribution >= 4 is 0 Å². The Morgan fingerprint density at radius 2 is 2.00 bits per heavy atom. The average Bonchev–Trinajstić information content (AvgIpc) is 2.30. The molecule has 1 heterocycles. The van der Waals surface area contributed by atoms with Crippen LogP contribution in [-0.2, 0) is 4.74 Å². The Morgan fingerprint density at radius 1 is 1.33 bits per heavy atom. The highest BCUT2D eigenvalue weighted by Gasteiger charge is 2.38. The van der Waals surface area contributed by atoms with Crippen molar-refractivity contribution in [1.82, 2.24) is 4.90 Å². The second-order valence-corrected chi connectivity index (χ2v) is 4.46. The molecule has 0 aromatic rings. The Hall–Kier alpha value is -0.120. The lowest BCUT2D eigenvalue weighted by molar-refractivity contribution is -0.0694. The Morgan fingerprint density at radius 3 is 2.47 bits per heavy atom. The molecule has 0 aromatic heterocycles. The third kappa shape index (κ3) is 2.71. The molecule has 1 saturated heterocycles. The Balaban J connectivity index is 2.73. The smallest absolute Gasteiger partial charge is 0.0590 e. The molecule has 0 saturated carbocycles. The molecule has 0 amide bonds. The summed E-state index contributed by atoms with van der Waals surface area (Å²) in [6.45, 7) is 10.4. The minimum absolute atomic E-state index is 0.197. The van der Waals surface area contributed by atoms with Crippen LogP contribution < -0.4 is 5.73 Å². The number of likely N-dealkylation sites (N-methyl/N-ethyl adjacent to an activating group) is 1. The van der Waals surface area contributed by atoms with E-state index >= 15 is 0 Å². The molecule has 0 radical (unpaired) electrons. The van der Waals surface area contributed by atoms with Gasteiger partial charge < -0.3 is 10.5 Å². The third-order valence-corrected chi connectivity index (χ3v) is 3.80. The highest BCUT2D eigenvalue weighted by molar-refractivity contribution is 4.95. The second-order valence-electron chi connectivity index (χ2n) is 4.46. The largest absolute Gasteiger partial charge is 0.378 e. The van der Waals surface area contributed by atoms with E-state index in [0.717, 1.165) is 45.5 Å². The average molecular weight is 214 g/mol. The Bertz CT molecular complexity index is 182. The first-order chi connectivity index (χ1) is 7.22. The van der Waals surface area contributed by atoms with Crippen LogP contribution in [-0.4, -0.2) is 42.8 Å². The van der Waals surface area contributed by atoms with Crippen molar-refractivity contribution in [1.29, 1.82) is 0 Å². The van der Waals surface area contributed by atoms with Crippen molar-refractivity contribution in [3.63, 3.8) is 0 Å². The molecule has 2 unspecified atom stereocenters. The van der Waals surface area contributed by atoms with Gasteiger partial charge in [-0.3, -0.25) is 4.90 Å². The highest BCUT2D eigenvalue weighted by Crippen LogP contribution is 2.31. The second kappa shape index (κ2) is 5.83. The van der Waals surface area contributed by atoms with Gasteiger partial charge in [-0.2, -0.15) is 0 Å². The molecule has 3 heteroatoms. The van der Waals surface area contributed by atoms with Crippen molar-refractivity contribution < 1.29 is 4.74 Å². The quantitative estimate of drug-likeness (QED) is 0.755. The van der Waals surface area contributed by atoms with Crippen molar-refractivity contribution in [3.8, 4) is 0 Å². The van der Waals surface area contributed by atoms with Crippen LogP contribution in [0, 0.1) is 0 Å². The summed E-state index contributed by atoms with van der Waals surface area (Å²) in [5, 5.41) is 0. The van der Waals surface area contributed by atoms with Crippen LogP contribution in [0.2, 0.25) is 0 Å². The summed E-state index contributed by atoms with van der Waals surface area (Å²) < 4.78 is 5.74. The molecule has 1 aliphatic rings. The van der Waals surface area contributed by atoms with Crippen molar-refractivity contribution in [3.05, 3.63) is 0 Å². The number of hydrogen-bond donors (Lipinski definition) is 1. The van der Waals surface area contributed by atoms with Crippen LogP contribution in [0.4, 0.5) is 0 Å². The van der Waals surface area contributed by atoms with E-state index in [1.54, 1.807) is 0 Å². The summed E-state index contributed by atoms with van der Waals surface area (Å²) in [7, 11) is 0. The lowest BCUT2D eigenvalue weighted by Crippen LogP contribution is -2.58. The van der Waals surface area contributed by atoms with Gasteiger partial charge in [-0.1, -0.05) is 20.8 Å². The normalized spacial score (nSPS) is 32.2. The fraction of sp³-hybridized carbons (Fsp3) is 1.00. The highest BCUT2D eigenvalue weighted by atomic mass is 16.5. The van der Waals surface area contributed by atoms with Crippen LogP contribution in [0.5, 0.6) is 0 Å². The standard InChI is InChI=1S/C12H26N2O/c1-4-11-9-12(10-13,7-8-15-11)14(5-2)6-3/h11H,4-10,13H2,1-3H3. The molecule has 2 N–H and O–H groups in total. The predicted molar refractivity (Wildman–Crippen MR) is 64.0 cm³/mol. The molecule has 0 aliphatic carbocycles. The molecular weight excluding hydrogens is 188 g/mol. The minimum atomic E-state index is 0.197. The van der Waals surface area contributed by atoms with Crippen LogP contribution in [0.15, 0.2) is 0 Å². The van der Waals surface area contributed by atoms with Gasteiger partial charge in [0.1, 0.15) is 0 Å². The van der Waals surface area contributed by atoms with Gasteiger partial charge in [0, 0.05) is 18.7 Å². The number of rotatable bonds is 5. The summed E-state index contributed by atoms with van der Waals surface area (Å²) in [5.74, 6) is 0. The number of ether oxygens (including phenoxy) is 1. The van der Waals surface area contributed by atoms with E-state index in [1.165, 1.54) is 0 Å². The first-order valence-corrected chi connectivity index (χ1v) is 6.29. The van der Waals surface area contributed by atoms with E-state index in [9.17, 15) is 0 Å². The van der Waals surface area contributed by atoms with E-state index in [0.29, 0.717) is 6.10 Å². The lowest BCUT2D eigenvalue weighted by Gasteiger charge is -2.47. The molecular formula is C12H26N2O. The molecule has 0 bridgehead atoms. The predicted octanol–water partition coefficient (Wildman–Crippen LogP) is 1.61. The molecule has 2 atom stereocenters. The number of nitrogens with two attached hydrogens (primary N) is 1. The molecule has 1 rings (SSSR count). The van der Waals surface area contributed by atoms with Crippen LogP contribution in [0.1, 0.15) is 40.0 Å². The van der Waals surface area contributed by atoms with Gasteiger partial charge >= 0.3 is 0 Å². The minimum Gasteiger partial charge on any atom is -0.378 e. The maximum atomic E-state index is 6.01. The van der Waals surface area contributed by atoms with E-state index in [-0.39, 0.29) is 5.54 Å².